The van der Waals surface area contributed by atoms with Gasteiger partial charge in [-0.05, 0) is 63.0 Å². The van der Waals surface area contributed by atoms with E-state index in [1.165, 1.54) is 11.3 Å². The summed E-state index contributed by atoms with van der Waals surface area (Å²) in [5.74, 6) is 1.18. The minimum Gasteiger partial charge on any atom is -0.497 e. The summed E-state index contributed by atoms with van der Waals surface area (Å²) in [7, 11) is 1.67. The number of H-pyrrole nitrogens is 1. The summed E-state index contributed by atoms with van der Waals surface area (Å²) in [5.41, 5.74) is 3.53. The van der Waals surface area contributed by atoms with E-state index in [4.69, 9.17) is 13.6 Å². The van der Waals surface area contributed by atoms with Gasteiger partial charge >= 0.3 is 0 Å². The molecule has 3 heterocycles. The van der Waals surface area contributed by atoms with E-state index in [1.807, 2.05) is 12.1 Å². The molecular formula is C19H26N2O2. The zero-order valence-electron chi connectivity index (χ0n) is 16.6. The van der Waals surface area contributed by atoms with Crippen molar-refractivity contribution < 1.29 is 13.6 Å². The highest BCUT2D eigenvalue weighted by Gasteiger charge is 2.28. The fourth-order valence-corrected chi connectivity index (χ4v) is 3.99. The Kier molecular flexibility index (Phi) is 3.20. The Morgan fingerprint density at radius 1 is 1.43 bits per heavy atom. The first-order chi connectivity index (χ1) is 12.5. The summed E-state index contributed by atoms with van der Waals surface area (Å²) >= 11 is 0. The molecule has 1 aromatic heterocycles. The van der Waals surface area contributed by atoms with E-state index in [1.54, 1.807) is 12.0 Å². The molecule has 0 bridgehead atoms. The molecule has 1 N–H and O–H groups in total. The number of methoxy groups -OCH3 is 1. The van der Waals surface area contributed by atoms with Crippen LogP contribution in [0.3, 0.4) is 0 Å². The van der Waals surface area contributed by atoms with Crippen molar-refractivity contribution in [3.05, 3.63) is 29.5 Å². The van der Waals surface area contributed by atoms with E-state index in [0.29, 0.717) is 12.5 Å². The van der Waals surface area contributed by atoms with E-state index in [-0.39, 0.29) is 6.04 Å². The molecule has 2 aromatic rings. The lowest BCUT2D eigenvalue weighted by Gasteiger charge is -2.20. The lowest BCUT2D eigenvalue weighted by atomic mass is 9.94. The van der Waals surface area contributed by atoms with Gasteiger partial charge in [0.2, 0.25) is 0 Å². The average molecular weight is 317 g/mol. The van der Waals surface area contributed by atoms with Crippen molar-refractivity contribution in [3.63, 3.8) is 0 Å². The zero-order valence-corrected chi connectivity index (χ0v) is 13.6. The Hall–Kier alpha value is -1.52. The highest BCUT2D eigenvalue weighted by Crippen LogP contribution is 2.36. The van der Waals surface area contributed by atoms with Gasteiger partial charge in [-0.25, -0.2) is 0 Å². The number of rotatable bonds is 4. The van der Waals surface area contributed by atoms with Crippen LogP contribution in [0.25, 0.3) is 10.9 Å². The molecule has 0 radical (unpaired) electrons. The minimum absolute atomic E-state index is 0.0498. The quantitative estimate of drug-likeness (QED) is 0.940. The van der Waals surface area contributed by atoms with E-state index < -0.39 is 6.98 Å². The van der Waals surface area contributed by atoms with Gasteiger partial charge in [0.15, 0.2) is 0 Å². The Morgan fingerprint density at radius 2 is 2.39 bits per heavy atom. The van der Waals surface area contributed by atoms with Crippen LogP contribution >= 0.6 is 0 Å². The molecule has 2 aliphatic heterocycles. The molecule has 0 unspecified atom stereocenters. The molecule has 1 aromatic carbocycles. The van der Waals surface area contributed by atoms with Crippen LogP contribution in [0.1, 0.15) is 40.6 Å². The highest BCUT2D eigenvalue weighted by molar-refractivity contribution is 5.86. The Labute approximate surface area is 142 Å². The third-order valence-corrected chi connectivity index (χ3v) is 5.30. The number of hydrogen-bond acceptors (Lipinski definition) is 3. The monoisotopic (exact) mass is 317 g/mol. The second-order valence-corrected chi connectivity index (χ2v) is 6.68. The SMILES string of the molecule is [2H]C([2H])([2H])N1CCC[C@@H]1Cc1c([C@H]2CCOC2)[nH]c2ccc(OC)cc12. The number of nitrogens with zero attached hydrogens (tertiary/aromatic N) is 1. The summed E-state index contributed by atoms with van der Waals surface area (Å²) in [6.45, 7) is 0.133. The van der Waals surface area contributed by atoms with Crippen molar-refractivity contribution >= 4 is 10.9 Å². The molecule has 0 spiro atoms. The van der Waals surface area contributed by atoms with Crippen molar-refractivity contribution in [2.75, 3.05) is 33.8 Å². The Balaban J connectivity index is 1.74. The van der Waals surface area contributed by atoms with Crippen LogP contribution in [0.15, 0.2) is 18.2 Å². The molecule has 23 heavy (non-hydrogen) atoms. The first-order valence-corrected chi connectivity index (χ1v) is 8.50. The Bertz CT molecular complexity index is 781. The normalized spacial score (nSPS) is 28.0. The lowest BCUT2D eigenvalue weighted by molar-refractivity contribution is 0.193. The standard InChI is InChI=1S/C19H26N2O2/c1-21-8-3-4-14(21)10-17-16-11-15(22-2)5-6-18(16)20-19(17)13-7-9-23-12-13/h5-6,11,13-14,20H,3-4,7-10,12H2,1-2H3/t13-,14+/m0/s1/i1D3. The van der Waals surface area contributed by atoms with Gasteiger partial charge in [-0.3, -0.25) is 0 Å². The fourth-order valence-electron chi connectivity index (χ4n) is 3.99. The molecule has 2 saturated heterocycles. The van der Waals surface area contributed by atoms with Crippen molar-refractivity contribution in [2.45, 2.75) is 37.6 Å². The van der Waals surface area contributed by atoms with Gasteiger partial charge in [-0.15, -0.1) is 0 Å². The third kappa shape index (κ3) is 2.74. The summed E-state index contributed by atoms with van der Waals surface area (Å²) < 4.78 is 34.6. The first-order valence-electron chi connectivity index (χ1n) is 10.0. The minimum atomic E-state index is -2.03. The number of aromatic nitrogens is 1. The molecule has 2 aliphatic rings. The maximum Gasteiger partial charge on any atom is 0.119 e. The molecule has 4 heteroatoms. The van der Waals surface area contributed by atoms with Gasteiger partial charge in [0, 0.05) is 39.3 Å². The van der Waals surface area contributed by atoms with Crippen molar-refractivity contribution in [1.29, 1.82) is 0 Å². The molecule has 0 saturated carbocycles. The molecule has 124 valence electrons. The van der Waals surface area contributed by atoms with Crippen LogP contribution in [0.5, 0.6) is 5.75 Å². The largest absolute Gasteiger partial charge is 0.497 e. The zero-order chi connectivity index (χ0) is 18.3. The maximum absolute atomic E-state index is 7.85. The molecule has 0 amide bonds. The average Bonchev–Trinajstić information content (AvgIpc) is 3.34. The van der Waals surface area contributed by atoms with Gasteiger partial charge in [0.05, 0.1) is 13.7 Å². The lowest BCUT2D eigenvalue weighted by Crippen LogP contribution is -2.27. The second kappa shape index (κ2) is 6.17. The fraction of sp³-hybridized carbons (Fsp3) is 0.579. The number of nitrogens with one attached hydrogen (secondary N) is 1. The topological polar surface area (TPSA) is 37.5 Å². The summed E-state index contributed by atoms with van der Waals surface area (Å²) in [6, 6.07) is 6.12. The van der Waals surface area contributed by atoms with Gasteiger partial charge in [0.25, 0.3) is 0 Å². The number of hydrogen-bond donors (Lipinski definition) is 1. The summed E-state index contributed by atoms with van der Waals surface area (Å²) in [6.07, 6.45) is 3.62. The Morgan fingerprint density at radius 3 is 3.17 bits per heavy atom. The number of aromatic amines is 1. The summed E-state index contributed by atoms with van der Waals surface area (Å²) in [5, 5.41) is 1.14. The molecular weight excluding hydrogens is 288 g/mol. The molecule has 4 rings (SSSR count). The molecule has 4 nitrogen and oxygen atoms in total. The van der Waals surface area contributed by atoms with Gasteiger partial charge in [-0.2, -0.15) is 0 Å². The highest BCUT2D eigenvalue weighted by atomic mass is 16.5. The molecule has 2 atom stereocenters. The van der Waals surface area contributed by atoms with Crippen LogP contribution in [0.4, 0.5) is 0 Å². The van der Waals surface area contributed by atoms with Crippen molar-refractivity contribution in [3.8, 4) is 5.75 Å². The first kappa shape index (κ1) is 11.9. The van der Waals surface area contributed by atoms with Crippen LogP contribution in [0.2, 0.25) is 0 Å². The van der Waals surface area contributed by atoms with Gasteiger partial charge < -0.3 is 19.4 Å². The molecule has 2 fully saturated rings. The van der Waals surface area contributed by atoms with Gasteiger partial charge in [0.1, 0.15) is 5.75 Å². The number of likely N-dealkylation sites (tertiary alicyclic amines) is 1. The number of likely N-dealkylation sites (N-methyl/N-ethyl adjacent to an activating group) is 1. The van der Waals surface area contributed by atoms with Crippen LogP contribution in [-0.4, -0.2) is 49.8 Å². The van der Waals surface area contributed by atoms with E-state index in [0.717, 1.165) is 55.5 Å². The van der Waals surface area contributed by atoms with E-state index in [2.05, 4.69) is 11.1 Å². The third-order valence-electron chi connectivity index (χ3n) is 5.30. The summed E-state index contributed by atoms with van der Waals surface area (Å²) in [4.78, 5) is 5.29. The van der Waals surface area contributed by atoms with E-state index >= 15 is 0 Å². The van der Waals surface area contributed by atoms with Crippen LogP contribution < -0.4 is 4.74 Å². The number of fused-ring (bicyclic) bond motifs is 1. The number of benzene rings is 1. The van der Waals surface area contributed by atoms with E-state index in [9.17, 15) is 0 Å². The van der Waals surface area contributed by atoms with Crippen LogP contribution in [0, 0.1) is 0 Å². The van der Waals surface area contributed by atoms with Gasteiger partial charge in [-0.1, -0.05) is 0 Å². The second-order valence-electron chi connectivity index (χ2n) is 6.68. The van der Waals surface area contributed by atoms with Crippen LogP contribution in [-0.2, 0) is 11.2 Å². The smallest absolute Gasteiger partial charge is 0.119 e. The number of ether oxygens (including phenoxy) is 2. The van der Waals surface area contributed by atoms with Crippen molar-refractivity contribution in [2.24, 2.45) is 0 Å². The molecule has 0 aliphatic carbocycles. The maximum atomic E-state index is 7.85. The van der Waals surface area contributed by atoms with Crippen molar-refractivity contribution in [1.82, 2.24) is 9.88 Å². The predicted molar refractivity (Wildman–Crippen MR) is 92.4 cm³/mol. The predicted octanol–water partition coefficient (Wildman–Crippen LogP) is 3.32.